The van der Waals surface area contributed by atoms with Crippen LogP contribution in [0.25, 0.3) is 0 Å². The van der Waals surface area contributed by atoms with Crippen molar-refractivity contribution >= 4 is 5.97 Å². The Morgan fingerprint density at radius 2 is 2.17 bits per heavy atom. The normalized spacial score (nSPS) is 24.3. The van der Waals surface area contributed by atoms with Gasteiger partial charge in [0.2, 0.25) is 0 Å². The molecular weight excluding hydrogens is 304 g/mol. The van der Waals surface area contributed by atoms with Gasteiger partial charge in [0.15, 0.2) is 0 Å². The zero-order valence-electron chi connectivity index (χ0n) is 14.6. The van der Waals surface area contributed by atoms with Crippen LogP contribution in [0.1, 0.15) is 17.0 Å². The van der Waals surface area contributed by atoms with Crippen LogP contribution in [0.15, 0.2) is 42.1 Å². The Morgan fingerprint density at radius 3 is 2.83 bits per heavy atom. The van der Waals surface area contributed by atoms with E-state index in [0.717, 1.165) is 29.1 Å². The van der Waals surface area contributed by atoms with E-state index in [1.54, 1.807) is 0 Å². The topological polar surface area (TPSA) is 50.8 Å². The number of likely N-dealkylation sites (N-methyl/N-ethyl adjacent to an activating group) is 1. The van der Waals surface area contributed by atoms with Gasteiger partial charge in [-0.3, -0.25) is 4.79 Å². The van der Waals surface area contributed by atoms with E-state index in [2.05, 4.69) is 17.5 Å². The molecule has 1 aromatic rings. The van der Waals surface area contributed by atoms with Crippen molar-refractivity contribution in [2.24, 2.45) is 5.92 Å². The second kappa shape index (κ2) is 6.69. The first-order valence-corrected chi connectivity index (χ1v) is 8.14. The predicted octanol–water partition coefficient (Wildman–Crippen LogP) is 2.06. The maximum Gasteiger partial charge on any atom is 0.314 e. The van der Waals surface area contributed by atoms with E-state index in [1.165, 1.54) is 7.11 Å². The van der Waals surface area contributed by atoms with Crippen LogP contribution in [0.2, 0.25) is 0 Å². The van der Waals surface area contributed by atoms with E-state index >= 15 is 0 Å². The number of ether oxygens (including phenoxy) is 2. The van der Waals surface area contributed by atoms with Crippen molar-refractivity contribution < 1.29 is 14.3 Å². The minimum Gasteiger partial charge on any atom is -0.485 e. The molecule has 1 aliphatic heterocycles. The van der Waals surface area contributed by atoms with Crippen LogP contribution in [-0.2, 0) is 16.1 Å². The first-order valence-electron chi connectivity index (χ1n) is 8.14. The molecule has 1 heterocycles. The Morgan fingerprint density at radius 1 is 1.38 bits per heavy atom. The van der Waals surface area contributed by atoms with Crippen LogP contribution in [0.3, 0.4) is 0 Å². The number of benzene rings is 1. The highest BCUT2D eigenvalue weighted by Crippen LogP contribution is 2.44. The summed E-state index contributed by atoms with van der Waals surface area (Å²) >= 11 is 0. The Hall–Kier alpha value is -2.27. The van der Waals surface area contributed by atoms with Crippen molar-refractivity contribution in [2.75, 3.05) is 28.3 Å². The lowest BCUT2D eigenvalue weighted by Crippen LogP contribution is -2.39. The Balaban J connectivity index is 2.03. The number of esters is 1. The lowest BCUT2D eigenvalue weighted by atomic mass is 9.77. The number of rotatable bonds is 4. The first kappa shape index (κ1) is 16.6. The largest absolute Gasteiger partial charge is 0.485 e. The first-order chi connectivity index (χ1) is 11.5. The maximum absolute atomic E-state index is 12.5. The average Bonchev–Trinajstić information content (AvgIpc) is 2.58. The number of hydrogen-bond donors (Lipinski definition) is 1. The van der Waals surface area contributed by atoms with Crippen molar-refractivity contribution in [3.63, 3.8) is 0 Å². The molecule has 5 heteroatoms. The number of methoxy groups -OCH3 is 1. The summed E-state index contributed by atoms with van der Waals surface area (Å²) in [6.07, 6.45) is 6.01. The number of fused-ring (bicyclic) bond motifs is 2. The number of nitrogens with one attached hydrogen (secondary N) is 1. The SMILES string of the molecule is CNCc1ccc2c(c1)OC1C=C(N(C)C)C=CC1C2C(=O)OC. The van der Waals surface area contributed by atoms with E-state index < -0.39 is 0 Å². The third kappa shape index (κ3) is 2.91. The quantitative estimate of drug-likeness (QED) is 0.858. The molecule has 0 amide bonds. The van der Waals surface area contributed by atoms with Crippen LogP contribution in [0, 0.1) is 5.92 Å². The van der Waals surface area contributed by atoms with Gasteiger partial charge in [-0.05, 0) is 30.8 Å². The minimum absolute atomic E-state index is 0.0520. The van der Waals surface area contributed by atoms with E-state index in [0.29, 0.717) is 0 Å². The fourth-order valence-corrected chi connectivity index (χ4v) is 3.38. The molecule has 1 N–H and O–H groups in total. The molecule has 0 bridgehead atoms. The van der Waals surface area contributed by atoms with Crippen molar-refractivity contribution in [1.29, 1.82) is 0 Å². The number of hydrogen-bond acceptors (Lipinski definition) is 5. The predicted molar refractivity (Wildman–Crippen MR) is 92.8 cm³/mol. The van der Waals surface area contributed by atoms with Gasteiger partial charge in [0.1, 0.15) is 11.9 Å². The molecule has 3 unspecified atom stereocenters. The molecule has 24 heavy (non-hydrogen) atoms. The number of carbonyl (C=O) groups is 1. The summed E-state index contributed by atoms with van der Waals surface area (Å²) in [5.41, 5.74) is 3.10. The highest BCUT2D eigenvalue weighted by Gasteiger charge is 2.42. The lowest BCUT2D eigenvalue weighted by Gasteiger charge is -2.38. The molecule has 2 aliphatic rings. The molecule has 0 saturated heterocycles. The summed E-state index contributed by atoms with van der Waals surface area (Å²) in [4.78, 5) is 14.5. The van der Waals surface area contributed by atoms with Gasteiger partial charge in [-0.15, -0.1) is 0 Å². The summed E-state index contributed by atoms with van der Waals surface area (Å²) in [6, 6.07) is 6.03. The van der Waals surface area contributed by atoms with Gasteiger partial charge in [-0.1, -0.05) is 18.2 Å². The van der Waals surface area contributed by atoms with E-state index in [-0.39, 0.29) is 23.9 Å². The number of nitrogens with zero attached hydrogens (tertiary/aromatic N) is 1. The monoisotopic (exact) mass is 328 g/mol. The molecule has 1 aliphatic carbocycles. The Kier molecular flexibility index (Phi) is 4.62. The zero-order chi connectivity index (χ0) is 17.3. The van der Waals surface area contributed by atoms with Crippen LogP contribution in [0.5, 0.6) is 5.75 Å². The molecule has 0 spiro atoms. The molecule has 3 rings (SSSR count). The molecule has 0 aromatic heterocycles. The van der Waals surface area contributed by atoms with E-state index in [1.807, 2.05) is 50.3 Å². The van der Waals surface area contributed by atoms with Gasteiger partial charge in [0.05, 0.1) is 13.0 Å². The highest BCUT2D eigenvalue weighted by molar-refractivity contribution is 5.81. The van der Waals surface area contributed by atoms with Crippen molar-refractivity contribution in [3.8, 4) is 5.75 Å². The van der Waals surface area contributed by atoms with Gasteiger partial charge in [-0.25, -0.2) is 0 Å². The molecule has 1 aromatic carbocycles. The smallest absolute Gasteiger partial charge is 0.314 e. The van der Waals surface area contributed by atoms with Gasteiger partial charge in [0, 0.05) is 37.8 Å². The standard InChI is InChI=1S/C19H24N2O3/c1-20-11-12-5-7-14-16(9-12)24-17-10-13(21(2)3)6-8-15(17)18(14)19(22)23-4/h5-10,15,17-18,20H,11H2,1-4H3. The summed E-state index contributed by atoms with van der Waals surface area (Å²) in [6.45, 7) is 0.756. The molecule has 5 nitrogen and oxygen atoms in total. The zero-order valence-corrected chi connectivity index (χ0v) is 14.6. The average molecular weight is 328 g/mol. The van der Waals surface area contributed by atoms with Gasteiger partial charge >= 0.3 is 5.97 Å². The van der Waals surface area contributed by atoms with Crippen LogP contribution >= 0.6 is 0 Å². The molecule has 128 valence electrons. The van der Waals surface area contributed by atoms with Gasteiger partial charge < -0.3 is 19.7 Å². The summed E-state index contributed by atoms with van der Waals surface area (Å²) < 4.78 is 11.3. The number of carbonyl (C=O) groups excluding carboxylic acids is 1. The second-order valence-corrected chi connectivity index (χ2v) is 6.41. The van der Waals surface area contributed by atoms with Crippen LogP contribution in [0.4, 0.5) is 0 Å². The highest BCUT2D eigenvalue weighted by atomic mass is 16.5. The van der Waals surface area contributed by atoms with E-state index in [4.69, 9.17) is 9.47 Å². The van der Waals surface area contributed by atoms with E-state index in [9.17, 15) is 4.79 Å². The second-order valence-electron chi connectivity index (χ2n) is 6.41. The molecule has 0 saturated carbocycles. The fraction of sp³-hybridized carbons (Fsp3) is 0.421. The third-order valence-electron chi connectivity index (χ3n) is 4.62. The minimum atomic E-state index is -0.344. The lowest BCUT2D eigenvalue weighted by molar-refractivity contribution is -0.144. The summed E-state index contributed by atoms with van der Waals surface area (Å²) in [5, 5.41) is 3.14. The summed E-state index contributed by atoms with van der Waals surface area (Å²) in [5.74, 6) is 0.152. The van der Waals surface area contributed by atoms with Crippen LogP contribution in [-0.4, -0.2) is 45.2 Å². The fourth-order valence-electron chi connectivity index (χ4n) is 3.38. The summed E-state index contributed by atoms with van der Waals surface area (Å²) in [7, 11) is 7.34. The molecular formula is C19H24N2O3. The van der Waals surface area contributed by atoms with Crippen molar-refractivity contribution in [3.05, 3.63) is 53.3 Å². The van der Waals surface area contributed by atoms with Crippen molar-refractivity contribution in [2.45, 2.75) is 18.6 Å². The third-order valence-corrected chi connectivity index (χ3v) is 4.62. The maximum atomic E-state index is 12.5. The van der Waals surface area contributed by atoms with Gasteiger partial charge in [-0.2, -0.15) is 0 Å². The Bertz CT molecular complexity index is 694. The van der Waals surface area contributed by atoms with Crippen LogP contribution < -0.4 is 10.1 Å². The molecule has 0 radical (unpaired) electrons. The molecule has 0 fully saturated rings. The van der Waals surface area contributed by atoms with Gasteiger partial charge in [0.25, 0.3) is 0 Å². The Labute approximate surface area is 142 Å². The molecule has 3 atom stereocenters. The van der Waals surface area contributed by atoms with Crippen molar-refractivity contribution in [1.82, 2.24) is 10.2 Å². The number of allylic oxidation sites excluding steroid dienone is 1.